The summed E-state index contributed by atoms with van der Waals surface area (Å²) in [5.41, 5.74) is 1.67. The van der Waals surface area contributed by atoms with Gasteiger partial charge in [0, 0.05) is 28.8 Å². The van der Waals surface area contributed by atoms with E-state index in [1.807, 2.05) is 0 Å². The minimum atomic E-state index is -3.57. The fourth-order valence-electron chi connectivity index (χ4n) is 3.18. The van der Waals surface area contributed by atoms with Crippen LogP contribution in [-0.4, -0.2) is 31.7 Å². The van der Waals surface area contributed by atoms with E-state index in [0.29, 0.717) is 29.9 Å². The molecule has 0 aliphatic carbocycles. The first-order valence-corrected chi connectivity index (χ1v) is 11.3. The van der Waals surface area contributed by atoms with Gasteiger partial charge in [-0.2, -0.15) is 4.31 Å². The van der Waals surface area contributed by atoms with Gasteiger partial charge in [-0.3, -0.25) is 4.79 Å². The maximum absolute atomic E-state index is 13.1. The maximum atomic E-state index is 13.1. The van der Waals surface area contributed by atoms with Crippen LogP contribution < -0.4 is 5.32 Å². The van der Waals surface area contributed by atoms with Crippen LogP contribution in [0.2, 0.25) is 0 Å². The first-order valence-electron chi connectivity index (χ1n) is 9.05. The lowest BCUT2D eigenvalue weighted by molar-refractivity contribution is 0.102. The zero-order valence-electron chi connectivity index (χ0n) is 15.2. The van der Waals surface area contributed by atoms with Crippen LogP contribution in [-0.2, 0) is 10.0 Å². The summed E-state index contributed by atoms with van der Waals surface area (Å²) in [7, 11) is -3.57. The van der Waals surface area contributed by atoms with E-state index in [9.17, 15) is 13.2 Å². The topological polar surface area (TPSA) is 66.5 Å². The highest BCUT2D eigenvalue weighted by Gasteiger charge is 2.27. The van der Waals surface area contributed by atoms with Gasteiger partial charge in [0.15, 0.2) is 0 Å². The molecule has 1 aliphatic rings. The molecule has 0 aromatic heterocycles. The number of halogens is 1. The summed E-state index contributed by atoms with van der Waals surface area (Å²) in [5.74, 6) is -0.274. The molecule has 5 nitrogen and oxygen atoms in total. The molecule has 0 atom stereocenters. The second kappa shape index (κ2) is 8.54. The van der Waals surface area contributed by atoms with Crippen molar-refractivity contribution in [1.29, 1.82) is 0 Å². The molecule has 1 saturated heterocycles. The number of hydrogen-bond donors (Lipinski definition) is 1. The fraction of sp³-hybridized carbons (Fsp3) is 0.350. The van der Waals surface area contributed by atoms with E-state index in [4.69, 9.17) is 0 Å². The van der Waals surface area contributed by atoms with Gasteiger partial charge in [-0.1, -0.05) is 34.8 Å². The number of sulfonamides is 1. The van der Waals surface area contributed by atoms with Crippen LogP contribution in [0.15, 0.2) is 51.8 Å². The molecular formula is C20H23BrN2O3S. The van der Waals surface area contributed by atoms with Gasteiger partial charge in [0.05, 0.1) is 4.90 Å². The summed E-state index contributed by atoms with van der Waals surface area (Å²) in [4.78, 5) is 12.7. The lowest BCUT2D eigenvalue weighted by Crippen LogP contribution is -2.32. The van der Waals surface area contributed by atoms with Gasteiger partial charge in [-0.15, -0.1) is 0 Å². The monoisotopic (exact) mass is 450 g/mol. The Morgan fingerprint density at radius 2 is 1.63 bits per heavy atom. The molecule has 2 aromatic rings. The number of amides is 1. The van der Waals surface area contributed by atoms with Crippen molar-refractivity contribution in [2.75, 3.05) is 18.4 Å². The number of nitrogens with zero attached hydrogens (tertiary/aromatic N) is 1. The number of hydrogen-bond acceptors (Lipinski definition) is 3. The lowest BCUT2D eigenvalue weighted by atomic mass is 10.2. The Hall–Kier alpha value is -1.70. The van der Waals surface area contributed by atoms with Crippen LogP contribution >= 0.6 is 15.9 Å². The standard InChI is InChI=1S/C20H23BrN2O3S/c1-15-6-11-18(22-20(24)16-7-9-17(21)10-8-16)14-19(15)27(25,26)23-12-4-2-3-5-13-23/h6-11,14H,2-5,12-13H2,1H3,(H,22,24). The van der Waals surface area contributed by atoms with Crippen LogP contribution in [0.25, 0.3) is 0 Å². The summed E-state index contributed by atoms with van der Waals surface area (Å²) in [5, 5.41) is 2.80. The van der Waals surface area contributed by atoms with Crippen molar-refractivity contribution >= 4 is 37.5 Å². The van der Waals surface area contributed by atoms with Crippen LogP contribution in [0.4, 0.5) is 5.69 Å². The number of benzene rings is 2. The van der Waals surface area contributed by atoms with Crippen molar-refractivity contribution in [2.24, 2.45) is 0 Å². The third-order valence-electron chi connectivity index (χ3n) is 4.74. The fourth-order valence-corrected chi connectivity index (χ4v) is 5.21. The number of aryl methyl sites for hydroxylation is 1. The highest BCUT2D eigenvalue weighted by molar-refractivity contribution is 9.10. The molecule has 1 aliphatic heterocycles. The van der Waals surface area contributed by atoms with E-state index in [1.165, 1.54) is 0 Å². The van der Waals surface area contributed by atoms with Gasteiger partial charge in [-0.25, -0.2) is 8.42 Å². The van der Waals surface area contributed by atoms with E-state index in [1.54, 1.807) is 53.7 Å². The Bertz CT molecular complexity index is 919. The van der Waals surface area contributed by atoms with Gasteiger partial charge in [0.1, 0.15) is 0 Å². The zero-order valence-corrected chi connectivity index (χ0v) is 17.6. The second-order valence-electron chi connectivity index (χ2n) is 6.76. The third kappa shape index (κ3) is 4.78. The van der Waals surface area contributed by atoms with Gasteiger partial charge in [0.2, 0.25) is 10.0 Å². The zero-order chi connectivity index (χ0) is 19.4. The van der Waals surface area contributed by atoms with Crippen molar-refractivity contribution < 1.29 is 13.2 Å². The van der Waals surface area contributed by atoms with E-state index in [0.717, 1.165) is 30.2 Å². The van der Waals surface area contributed by atoms with Crippen molar-refractivity contribution in [1.82, 2.24) is 4.31 Å². The van der Waals surface area contributed by atoms with Gasteiger partial charge in [0.25, 0.3) is 5.91 Å². The first-order chi connectivity index (χ1) is 12.9. The Kier molecular flexibility index (Phi) is 6.34. The minimum absolute atomic E-state index is 0.262. The van der Waals surface area contributed by atoms with E-state index in [2.05, 4.69) is 21.2 Å². The molecule has 0 spiro atoms. The lowest BCUT2D eigenvalue weighted by Gasteiger charge is -2.21. The highest BCUT2D eigenvalue weighted by atomic mass is 79.9. The van der Waals surface area contributed by atoms with Crippen molar-refractivity contribution in [3.8, 4) is 0 Å². The van der Waals surface area contributed by atoms with Crippen LogP contribution in [0.3, 0.4) is 0 Å². The minimum Gasteiger partial charge on any atom is -0.322 e. The van der Waals surface area contributed by atoms with Gasteiger partial charge >= 0.3 is 0 Å². The van der Waals surface area contributed by atoms with E-state index in [-0.39, 0.29) is 10.8 Å². The summed E-state index contributed by atoms with van der Waals surface area (Å²) in [6.07, 6.45) is 3.90. The normalized spacial score (nSPS) is 15.9. The molecule has 27 heavy (non-hydrogen) atoms. The number of carbonyl (C=O) groups excluding carboxylic acids is 1. The Morgan fingerprint density at radius 1 is 1.00 bits per heavy atom. The van der Waals surface area contributed by atoms with Crippen molar-refractivity contribution in [2.45, 2.75) is 37.5 Å². The molecule has 7 heteroatoms. The smallest absolute Gasteiger partial charge is 0.255 e. The largest absolute Gasteiger partial charge is 0.322 e. The number of anilines is 1. The number of nitrogens with one attached hydrogen (secondary N) is 1. The maximum Gasteiger partial charge on any atom is 0.255 e. The molecule has 144 valence electrons. The van der Waals surface area contributed by atoms with Crippen molar-refractivity contribution in [3.63, 3.8) is 0 Å². The second-order valence-corrected chi connectivity index (χ2v) is 9.58. The number of carbonyl (C=O) groups is 1. The summed E-state index contributed by atoms with van der Waals surface area (Å²) >= 11 is 3.34. The predicted molar refractivity (Wildman–Crippen MR) is 111 cm³/mol. The first kappa shape index (κ1) is 20.0. The third-order valence-corrected chi connectivity index (χ3v) is 7.30. The Morgan fingerprint density at radius 3 is 2.26 bits per heavy atom. The Balaban J connectivity index is 1.85. The average Bonchev–Trinajstić information content (AvgIpc) is 2.93. The Labute approximate surface area is 169 Å². The summed E-state index contributed by atoms with van der Waals surface area (Å²) < 4.78 is 28.7. The van der Waals surface area contributed by atoms with Crippen LogP contribution in [0.5, 0.6) is 0 Å². The molecule has 0 saturated carbocycles. The molecule has 1 heterocycles. The molecule has 1 amide bonds. The molecule has 2 aromatic carbocycles. The van der Waals surface area contributed by atoms with Gasteiger partial charge in [-0.05, 0) is 61.7 Å². The summed E-state index contributed by atoms with van der Waals surface area (Å²) in [6, 6.07) is 12.0. The predicted octanol–water partition coefficient (Wildman–Crippen LogP) is 4.57. The molecule has 3 rings (SSSR count). The molecule has 1 N–H and O–H groups in total. The van der Waals surface area contributed by atoms with Crippen LogP contribution in [0.1, 0.15) is 41.6 Å². The molecule has 0 unspecified atom stereocenters. The molecule has 0 radical (unpaired) electrons. The SMILES string of the molecule is Cc1ccc(NC(=O)c2ccc(Br)cc2)cc1S(=O)(=O)N1CCCCCC1. The molecule has 1 fully saturated rings. The molecule has 0 bridgehead atoms. The van der Waals surface area contributed by atoms with Gasteiger partial charge < -0.3 is 5.32 Å². The summed E-state index contributed by atoms with van der Waals surface area (Å²) in [6.45, 7) is 2.89. The van der Waals surface area contributed by atoms with Crippen LogP contribution in [0, 0.1) is 6.92 Å². The van der Waals surface area contributed by atoms with E-state index >= 15 is 0 Å². The van der Waals surface area contributed by atoms with E-state index < -0.39 is 10.0 Å². The highest BCUT2D eigenvalue weighted by Crippen LogP contribution is 2.26. The average molecular weight is 451 g/mol. The molecular weight excluding hydrogens is 428 g/mol. The van der Waals surface area contributed by atoms with Crippen molar-refractivity contribution in [3.05, 3.63) is 58.1 Å². The number of rotatable bonds is 4. The quantitative estimate of drug-likeness (QED) is 0.741.